The number of ether oxygens (including phenoxy) is 1. The zero-order chi connectivity index (χ0) is 25.4. The van der Waals surface area contributed by atoms with Crippen LogP contribution in [0.15, 0.2) is 36.7 Å². The minimum atomic E-state index is -0.619. The van der Waals surface area contributed by atoms with E-state index in [-0.39, 0.29) is 19.1 Å². The van der Waals surface area contributed by atoms with Crippen molar-refractivity contribution in [2.24, 2.45) is 0 Å². The molecule has 0 spiro atoms. The minimum Gasteiger partial charge on any atom is -0.444 e. The molecule has 0 bridgehead atoms. The van der Waals surface area contributed by atoms with Gasteiger partial charge in [-0.25, -0.2) is 19.2 Å². The fourth-order valence-corrected chi connectivity index (χ4v) is 3.73. The Morgan fingerprint density at radius 2 is 1.80 bits per heavy atom. The molecule has 0 radical (unpaired) electrons. The van der Waals surface area contributed by atoms with Crippen LogP contribution in [0.25, 0.3) is 11.1 Å². The molecule has 1 fully saturated rings. The fourth-order valence-electron chi connectivity index (χ4n) is 3.73. The summed E-state index contributed by atoms with van der Waals surface area (Å²) >= 11 is 0. The van der Waals surface area contributed by atoms with Crippen LogP contribution in [0.3, 0.4) is 0 Å². The van der Waals surface area contributed by atoms with Crippen LogP contribution in [0.5, 0.6) is 0 Å². The molecule has 1 N–H and O–H groups in total. The molecule has 0 aliphatic carbocycles. The first-order chi connectivity index (χ1) is 16.6. The third-order valence-electron chi connectivity index (χ3n) is 5.58. The number of likely N-dealkylation sites (N-methyl/N-ethyl adjacent to an activating group) is 1. The van der Waals surface area contributed by atoms with Crippen molar-refractivity contribution in [3.05, 3.63) is 42.2 Å². The van der Waals surface area contributed by atoms with E-state index < -0.39 is 11.7 Å². The van der Waals surface area contributed by atoms with E-state index in [9.17, 15) is 14.0 Å². The SMILES string of the molecule is CN(Cc1cccc(-c2cnc(N3CCN(CCF)CC3)nc2)c1)C(=O)CNC(=O)OC(C)(C)C. The van der Waals surface area contributed by atoms with Crippen LogP contribution in [-0.4, -0.2) is 90.4 Å². The molecule has 3 rings (SSSR count). The van der Waals surface area contributed by atoms with E-state index in [1.807, 2.05) is 24.3 Å². The fraction of sp³-hybridized carbons (Fsp3) is 0.520. The molecular formula is C25H35FN6O3. The minimum absolute atomic E-state index is 0.136. The summed E-state index contributed by atoms with van der Waals surface area (Å²) < 4.78 is 17.7. The van der Waals surface area contributed by atoms with Gasteiger partial charge in [0.15, 0.2) is 0 Å². The van der Waals surface area contributed by atoms with Crippen molar-refractivity contribution in [2.75, 3.05) is 57.9 Å². The molecule has 2 heterocycles. The Hall–Kier alpha value is -3.27. The van der Waals surface area contributed by atoms with Gasteiger partial charge in [-0.1, -0.05) is 18.2 Å². The van der Waals surface area contributed by atoms with Gasteiger partial charge in [-0.15, -0.1) is 0 Å². The average Bonchev–Trinajstić information content (AvgIpc) is 2.82. The number of nitrogens with one attached hydrogen (secondary N) is 1. The van der Waals surface area contributed by atoms with Crippen molar-refractivity contribution in [3.63, 3.8) is 0 Å². The van der Waals surface area contributed by atoms with Gasteiger partial charge in [0.25, 0.3) is 0 Å². The Morgan fingerprint density at radius 1 is 1.11 bits per heavy atom. The number of hydrogen-bond acceptors (Lipinski definition) is 7. The van der Waals surface area contributed by atoms with Gasteiger partial charge in [-0.2, -0.15) is 0 Å². The summed E-state index contributed by atoms with van der Waals surface area (Å²) in [5.41, 5.74) is 2.16. The summed E-state index contributed by atoms with van der Waals surface area (Å²) in [7, 11) is 1.69. The second-order valence-corrected chi connectivity index (χ2v) is 9.60. The number of carbonyl (C=O) groups is 2. The average molecular weight is 487 g/mol. The first kappa shape index (κ1) is 26.3. The number of amides is 2. The lowest BCUT2D eigenvalue weighted by molar-refractivity contribution is -0.129. The summed E-state index contributed by atoms with van der Waals surface area (Å²) in [6.45, 7) is 8.87. The van der Waals surface area contributed by atoms with Crippen molar-refractivity contribution in [2.45, 2.75) is 32.9 Å². The van der Waals surface area contributed by atoms with E-state index in [4.69, 9.17) is 4.74 Å². The highest BCUT2D eigenvalue weighted by molar-refractivity contribution is 5.82. The molecule has 0 unspecified atom stereocenters. The summed E-state index contributed by atoms with van der Waals surface area (Å²) in [6, 6.07) is 7.85. The number of halogens is 1. The quantitative estimate of drug-likeness (QED) is 0.614. The van der Waals surface area contributed by atoms with E-state index in [0.717, 1.165) is 42.9 Å². The number of carbonyl (C=O) groups excluding carboxylic acids is 2. The number of alkyl halides is 1. The molecule has 1 aliphatic heterocycles. The first-order valence-corrected chi connectivity index (χ1v) is 11.8. The molecule has 9 nitrogen and oxygen atoms in total. The normalized spacial score (nSPS) is 14.5. The van der Waals surface area contributed by atoms with E-state index in [0.29, 0.717) is 19.0 Å². The monoisotopic (exact) mass is 486 g/mol. The lowest BCUT2D eigenvalue weighted by Gasteiger charge is -2.34. The second-order valence-electron chi connectivity index (χ2n) is 9.60. The van der Waals surface area contributed by atoms with E-state index >= 15 is 0 Å². The third kappa shape index (κ3) is 8.17. The number of aromatic nitrogens is 2. The van der Waals surface area contributed by atoms with Gasteiger partial charge >= 0.3 is 6.09 Å². The Morgan fingerprint density at radius 3 is 2.43 bits per heavy atom. The van der Waals surface area contributed by atoms with Crippen LogP contribution in [0.2, 0.25) is 0 Å². The van der Waals surface area contributed by atoms with E-state index in [1.165, 1.54) is 0 Å². The topological polar surface area (TPSA) is 90.9 Å². The van der Waals surface area contributed by atoms with Gasteiger partial charge < -0.3 is 19.9 Å². The van der Waals surface area contributed by atoms with Crippen molar-refractivity contribution in [1.82, 2.24) is 25.1 Å². The molecule has 1 aromatic carbocycles. The number of rotatable bonds is 8. The lowest BCUT2D eigenvalue weighted by atomic mass is 10.1. The van der Waals surface area contributed by atoms with Crippen molar-refractivity contribution >= 4 is 17.9 Å². The van der Waals surface area contributed by atoms with Crippen LogP contribution in [-0.2, 0) is 16.1 Å². The smallest absolute Gasteiger partial charge is 0.408 e. The van der Waals surface area contributed by atoms with Crippen LogP contribution in [0, 0.1) is 0 Å². The molecule has 35 heavy (non-hydrogen) atoms. The largest absolute Gasteiger partial charge is 0.444 e. The predicted octanol–water partition coefficient (Wildman–Crippen LogP) is 2.72. The van der Waals surface area contributed by atoms with E-state index in [1.54, 1.807) is 45.1 Å². The number of anilines is 1. The Kier molecular flexibility index (Phi) is 8.97. The van der Waals surface area contributed by atoms with E-state index in [2.05, 4.69) is 25.1 Å². The lowest BCUT2D eigenvalue weighted by Crippen LogP contribution is -2.47. The Bertz CT molecular complexity index is 987. The van der Waals surface area contributed by atoms with Gasteiger partial charge in [-0.3, -0.25) is 9.69 Å². The predicted molar refractivity (Wildman–Crippen MR) is 133 cm³/mol. The Balaban J connectivity index is 1.55. The van der Waals surface area contributed by atoms with Crippen molar-refractivity contribution in [3.8, 4) is 11.1 Å². The maximum atomic E-state index is 12.5. The molecule has 2 aromatic rings. The Labute approximate surface area is 206 Å². The molecule has 0 saturated carbocycles. The van der Waals surface area contributed by atoms with Gasteiger partial charge in [0, 0.05) is 64.3 Å². The van der Waals surface area contributed by atoms with Crippen LogP contribution in [0.4, 0.5) is 15.1 Å². The number of nitrogens with zero attached hydrogens (tertiary/aromatic N) is 5. The third-order valence-corrected chi connectivity index (χ3v) is 5.58. The highest BCUT2D eigenvalue weighted by Crippen LogP contribution is 2.21. The van der Waals surface area contributed by atoms with Gasteiger partial charge in [0.1, 0.15) is 18.8 Å². The number of benzene rings is 1. The standard InChI is InChI=1S/C25H35FN6O3/c1-25(2,3)35-24(34)29-17-22(33)30(4)18-19-6-5-7-20(14-19)21-15-27-23(28-16-21)32-12-10-31(9-8-26)11-13-32/h5-7,14-16H,8-13,17-18H2,1-4H3,(H,29,34). The highest BCUT2D eigenvalue weighted by atomic mass is 19.1. The van der Waals surface area contributed by atoms with Gasteiger partial charge in [0.05, 0.1) is 0 Å². The molecule has 10 heteroatoms. The first-order valence-electron chi connectivity index (χ1n) is 11.8. The highest BCUT2D eigenvalue weighted by Gasteiger charge is 2.19. The summed E-state index contributed by atoms with van der Waals surface area (Å²) in [4.78, 5) is 39.1. The van der Waals surface area contributed by atoms with Crippen LogP contribution < -0.4 is 10.2 Å². The van der Waals surface area contributed by atoms with Gasteiger partial charge in [0.2, 0.25) is 11.9 Å². The molecule has 1 saturated heterocycles. The molecule has 0 atom stereocenters. The van der Waals surface area contributed by atoms with Crippen molar-refractivity contribution < 1.29 is 18.7 Å². The number of hydrogen-bond donors (Lipinski definition) is 1. The summed E-state index contributed by atoms with van der Waals surface area (Å²) in [5.74, 6) is 0.452. The van der Waals surface area contributed by atoms with Crippen LogP contribution >= 0.6 is 0 Å². The number of piperazine rings is 1. The summed E-state index contributed by atoms with van der Waals surface area (Å²) in [6.07, 6.45) is 2.98. The zero-order valence-corrected chi connectivity index (χ0v) is 21.0. The molecule has 1 aliphatic rings. The molecule has 190 valence electrons. The zero-order valence-electron chi connectivity index (χ0n) is 21.0. The second kappa shape index (κ2) is 11.9. The summed E-state index contributed by atoms with van der Waals surface area (Å²) in [5, 5.41) is 2.49. The maximum Gasteiger partial charge on any atom is 0.408 e. The molecular weight excluding hydrogens is 451 g/mol. The molecule has 2 amide bonds. The van der Waals surface area contributed by atoms with Gasteiger partial charge in [-0.05, 0) is 38.0 Å². The van der Waals surface area contributed by atoms with Crippen LogP contribution in [0.1, 0.15) is 26.3 Å². The maximum absolute atomic E-state index is 12.5. The number of alkyl carbamates (subject to hydrolysis) is 1. The molecule has 1 aromatic heterocycles. The van der Waals surface area contributed by atoms with Crippen molar-refractivity contribution in [1.29, 1.82) is 0 Å².